The van der Waals surface area contributed by atoms with Gasteiger partial charge in [-0.2, -0.15) is 0 Å². The van der Waals surface area contributed by atoms with Crippen molar-refractivity contribution >= 4 is 17.7 Å². The van der Waals surface area contributed by atoms with E-state index in [0.717, 1.165) is 18.4 Å². The SMILES string of the molecule is C=CC(=C)CC1CCCC2CNC(=O)C2CCNC(=O)C(CC(C)C)NC1=O. The minimum atomic E-state index is -0.555. The average molecular weight is 390 g/mol. The van der Waals surface area contributed by atoms with Gasteiger partial charge >= 0.3 is 0 Å². The molecule has 2 aliphatic rings. The molecule has 4 atom stereocenters. The summed E-state index contributed by atoms with van der Waals surface area (Å²) in [5.41, 5.74) is 0.824. The Hall–Kier alpha value is -2.11. The smallest absolute Gasteiger partial charge is 0.242 e. The second-order valence-corrected chi connectivity index (χ2v) is 8.58. The van der Waals surface area contributed by atoms with E-state index in [9.17, 15) is 14.4 Å². The zero-order valence-corrected chi connectivity index (χ0v) is 17.3. The topological polar surface area (TPSA) is 87.3 Å². The number of carbonyl (C=O) groups excluding carboxylic acids is 3. The molecule has 0 aliphatic carbocycles. The Morgan fingerprint density at radius 3 is 2.54 bits per heavy atom. The molecule has 0 aromatic heterocycles. The van der Waals surface area contributed by atoms with E-state index in [-0.39, 0.29) is 41.4 Å². The summed E-state index contributed by atoms with van der Waals surface area (Å²) in [6.07, 6.45) is 5.93. The van der Waals surface area contributed by atoms with Gasteiger partial charge < -0.3 is 16.0 Å². The van der Waals surface area contributed by atoms with Crippen LogP contribution in [0.15, 0.2) is 24.8 Å². The molecular weight excluding hydrogens is 354 g/mol. The first kappa shape index (κ1) is 22.2. The quantitative estimate of drug-likeness (QED) is 0.631. The Bertz CT molecular complexity index is 614. The van der Waals surface area contributed by atoms with Gasteiger partial charge in [0.2, 0.25) is 17.7 Å². The van der Waals surface area contributed by atoms with Crippen LogP contribution in [0.1, 0.15) is 52.4 Å². The number of fused-ring (bicyclic) bond motifs is 1. The molecule has 6 heteroatoms. The molecule has 3 N–H and O–H groups in total. The van der Waals surface area contributed by atoms with Gasteiger partial charge in [-0.1, -0.05) is 45.1 Å². The lowest BCUT2D eigenvalue weighted by molar-refractivity contribution is -0.131. The lowest BCUT2D eigenvalue weighted by atomic mass is 9.86. The lowest BCUT2D eigenvalue weighted by Crippen LogP contribution is -2.49. The molecule has 2 rings (SSSR count). The number of rotatable bonds is 5. The maximum Gasteiger partial charge on any atom is 0.242 e. The van der Waals surface area contributed by atoms with Crippen LogP contribution in [0, 0.1) is 23.7 Å². The first-order valence-corrected chi connectivity index (χ1v) is 10.5. The van der Waals surface area contributed by atoms with Gasteiger partial charge in [0, 0.05) is 24.9 Å². The molecule has 2 saturated heterocycles. The van der Waals surface area contributed by atoms with Gasteiger partial charge in [0.15, 0.2) is 0 Å². The fourth-order valence-corrected chi connectivity index (χ4v) is 4.21. The van der Waals surface area contributed by atoms with E-state index in [1.807, 2.05) is 13.8 Å². The van der Waals surface area contributed by atoms with Crippen molar-refractivity contribution in [2.24, 2.45) is 23.7 Å². The van der Waals surface area contributed by atoms with Crippen molar-refractivity contribution in [3.63, 3.8) is 0 Å². The predicted molar refractivity (Wildman–Crippen MR) is 110 cm³/mol. The van der Waals surface area contributed by atoms with E-state index in [1.165, 1.54) is 0 Å². The van der Waals surface area contributed by atoms with Crippen molar-refractivity contribution in [2.75, 3.05) is 13.1 Å². The Balaban J connectivity index is 2.18. The van der Waals surface area contributed by atoms with Crippen molar-refractivity contribution in [3.8, 4) is 0 Å². The van der Waals surface area contributed by atoms with Gasteiger partial charge in [-0.05, 0) is 43.9 Å². The maximum atomic E-state index is 13.0. The van der Waals surface area contributed by atoms with E-state index in [2.05, 4.69) is 29.1 Å². The molecular formula is C22H35N3O3. The normalized spacial score (nSPS) is 29.5. The van der Waals surface area contributed by atoms with Gasteiger partial charge in [0.05, 0.1) is 0 Å². The highest BCUT2D eigenvalue weighted by molar-refractivity contribution is 5.88. The van der Waals surface area contributed by atoms with Crippen molar-refractivity contribution in [1.29, 1.82) is 0 Å². The molecule has 6 nitrogen and oxygen atoms in total. The standard InChI is InChI=1S/C22H35N3O3/c1-5-15(4)12-16-7-6-8-17-13-24-21(27)18(17)9-10-23-22(28)19(11-14(2)3)25-20(16)26/h5,14,16-19H,1,4,6-13H2,2-3H3,(H,23,28)(H,24,27)(H,25,26). The van der Waals surface area contributed by atoms with Crippen molar-refractivity contribution in [3.05, 3.63) is 24.8 Å². The van der Waals surface area contributed by atoms with Crippen LogP contribution in [0.2, 0.25) is 0 Å². The predicted octanol–water partition coefficient (Wildman–Crippen LogP) is 2.32. The third-order valence-corrected chi connectivity index (χ3v) is 5.83. The first-order chi connectivity index (χ1) is 13.3. The van der Waals surface area contributed by atoms with Crippen LogP contribution in [0.5, 0.6) is 0 Å². The molecule has 156 valence electrons. The second-order valence-electron chi connectivity index (χ2n) is 8.58. The lowest BCUT2D eigenvalue weighted by Gasteiger charge is -2.23. The molecule has 28 heavy (non-hydrogen) atoms. The number of amides is 3. The van der Waals surface area contributed by atoms with Gasteiger partial charge in [0.25, 0.3) is 0 Å². The summed E-state index contributed by atoms with van der Waals surface area (Å²) in [5, 5.41) is 8.85. The molecule has 4 unspecified atom stereocenters. The van der Waals surface area contributed by atoms with Crippen molar-refractivity contribution in [1.82, 2.24) is 16.0 Å². The zero-order valence-electron chi connectivity index (χ0n) is 17.3. The van der Waals surface area contributed by atoms with E-state index < -0.39 is 6.04 Å². The van der Waals surface area contributed by atoms with E-state index >= 15 is 0 Å². The van der Waals surface area contributed by atoms with Crippen LogP contribution in [0.4, 0.5) is 0 Å². The molecule has 2 aliphatic heterocycles. The van der Waals surface area contributed by atoms with Gasteiger partial charge in [-0.25, -0.2) is 0 Å². The summed E-state index contributed by atoms with van der Waals surface area (Å²) in [4.78, 5) is 37.8. The summed E-state index contributed by atoms with van der Waals surface area (Å²) in [5.74, 6) is 0.0599. The molecule has 3 amide bonds. The third kappa shape index (κ3) is 6.21. The molecule has 0 spiro atoms. The molecule has 0 radical (unpaired) electrons. The molecule has 2 heterocycles. The van der Waals surface area contributed by atoms with Crippen LogP contribution in [0.25, 0.3) is 0 Å². The summed E-state index contributed by atoms with van der Waals surface area (Å²) >= 11 is 0. The third-order valence-electron chi connectivity index (χ3n) is 5.83. The van der Waals surface area contributed by atoms with Crippen LogP contribution in [-0.2, 0) is 14.4 Å². The fourth-order valence-electron chi connectivity index (χ4n) is 4.21. The fraction of sp³-hybridized carbons (Fsp3) is 0.682. The van der Waals surface area contributed by atoms with Crippen LogP contribution < -0.4 is 16.0 Å². The number of hydrogen-bond donors (Lipinski definition) is 3. The Morgan fingerprint density at radius 2 is 1.86 bits per heavy atom. The van der Waals surface area contributed by atoms with E-state index in [1.54, 1.807) is 6.08 Å². The molecule has 0 bridgehead atoms. The van der Waals surface area contributed by atoms with Crippen molar-refractivity contribution < 1.29 is 14.4 Å². The zero-order chi connectivity index (χ0) is 20.7. The first-order valence-electron chi connectivity index (χ1n) is 10.5. The van der Waals surface area contributed by atoms with Crippen LogP contribution in [0.3, 0.4) is 0 Å². The number of allylic oxidation sites excluding steroid dienone is 2. The van der Waals surface area contributed by atoms with Gasteiger partial charge in [-0.15, -0.1) is 0 Å². The highest BCUT2D eigenvalue weighted by Crippen LogP contribution is 2.28. The van der Waals surface area contributed by atoms with Crippen LogP contribution in [-0.4, -0.2) is 36.9 Å². The van der Waals surface area contributed by atoms with Crippen molar-refractivity contribution in [2.45, 2.75) is 58.4 Å². The highest BCUT2D eigenvalue weighted by atomic mass is 16.2. The maximum absolute atomic E-state index is 13.0. The number of hydrogen-bond acceptors (Lipinski definition) is 3. The monoisotopic (exact) mass is 389 g/mol. The second kappa shape index (κ2) is 10.4. The van der Waals surface area contributed by atoms with E-state index in [0.29, 0.717) is 38.8 Å². The minimum Gasteiger partial charge on any atom is -0.356 e. The van der Waals surface area contributed by atoms with E-state index in [4.69, 9.17) is 0 Å². The summed E-state index contributed by atoms with van der Waals surface area (Å²) in [6, 6.07) is -0.555. The Kier molecular flexibility index (Phi) is 8.27. The Labute approximate surface area is 168 Å². The van der Waals surface area contributed by atoms with Crippen LogP contribution >= 0.6 is 0 Å². The summed E-state index contributed by atoms with van der Waals surface area (Å²) < 4.78 is 0. The minimum absolute atomic E-state index is 0.0603. The molecule has 2 fully saturated rings. The van der Waals surface area contributed by atoms with Gasteiger partial charge in [0.1, 0.15) is 6.04 Å². The summed E-state index contributed by atoms with van der Waals surface area (Å²) in [7, 11) is 0. The summed E-state index contributed by atoms with van der Waals surface area (Å²) in [6.45, 7) is 12.9. The average Bonchev–Trinajstić information content (AvgIpc) is 2.99. The number of carbonyl (C=O) groups is 3. The van der Waals surface area contributed by atoms with Gasteiger partial charge in [-0.3, -0.25) is 14.4 Å². The molecule has 0 aromatic carbocycles. The number of nitrogens with one attached hydrogen (secondary N) is 3. The Morgan fingerprint density at radius 1 is 1.11 bits per heavy atom. The molecule has 0 saturated carbocycles. The molecule has 0 aromatic rings. The highest BCUT2D eigenvalue weighted by Gasteiger charge is 2.35. The largest absolute Gasteiger partial charge is 0.356 e.